The van der Waals surface area contributed by atoms with Crippen LogP contribution in [0.25, 0.3) is 0 Å². The zero-order chi connectivity index (χ0) is 15.8. The van der Waals surface area contributed by atoms with Crippen molar-refractivity contribution in [3.05, 3.63) is 59.8 Å². The maximum atomic E-state index is 11.6. The van der Waals surface area contributed by atoms with Crippen LogP contribution in [0, 0.1) is 0 Å². The number of aromatic nitrogens is 1. The lowest BCUT2D eigenvalue weighted by molar-refractivity contribution is -0.121. The van der Waals surface area contributed by atoms with Crippen LogP contribution in [-0.2, 0) is 17.9 Å². The number of amides is 1. The first-order chi connectivity index (χ1) is 10.7. The van der Waals surface area contributed by atoms with E-state index in [0.29, 0.717) is 13.0 Å². The molecule has 0 aliphatic rings. The predicted octanol–water partition coefficient (Wildman–Crippen LogP) is 3.13. The number of pyridine rings is 1. The van der Waals surface area contributed by atoms with Gasteiger partial charge in [-0.2, -0.15) is 0 Å². The average molecular weight is 297 g/mol. The Morgan fingerprint density at radius 1 is 1.18 bits per heavy atom. The first kappa shape index (κ1) is 16.0. The number of benzene rings is 1. The fourth-order valence-corrected chi connectivity index (χ4v) is 2.35. The molecule has 0 saturated heterocycles. The molecule has 1 aromatic carbocycles. The third kappa shape index (κ3) is 4.58. The van der Waals surface area contributed by atoms with Gasteiger partial charge in [-0.25, -0.2) is 4.98 Å². The van der Waals surface area contributed by atoms with E-state index in [1.54, 1.807) is 6.20 Å². The summed E-state index contributed by atoms with van der Waals surface area (Å²) in [4.78, 5) is 18.2. The maximum Gasteiger partial charge on any atom is 0.220 e. The molecule has 0 atom stereocenters. The molecule has 0 radical (unpaired) electrons. The van der Waals surface area contributed by atoms with Crippen LogP contribution in [0.15, 0.2) is 48.7 Å². The Bertz CT molecular complexity index is 598. The third-order valence-electron chi connectivity index (χ3n) is 3.44. The number of nitrogens with zero attached hydrogens (tertiary/aromatic N) is 2. The summed E-state index contributed by atoms with van der Waals surface area (Å²) in [6, 6.07) is 14.2. The summed E-state index contributed by atoms with van der Waals surface area (Å²) in [7, 11) is 2.02. The van der Waals surface area contributed by atoms with E-state index >= 15 is 0 Å². The third-order valence-corrected chi connectivity index (χ3v) is 3.44. The predicted molar refractivity (Wildman–Crippen MR) is 89.5 cm³/mol. The van der Waals surface area contributed by atoms with Crippen molar-refractivity contribution in [2.45, 2.75) is 32.9 Å². The summed E-state index contributed by atoms with van der Waals surface area (Å²) in [5.41, 5.74) is 2.27. The van der Waals surface area contributed by atoms with Crippen molar-refractivity contribution in [3.8, 4) is 0 Å². The lowest BCUT2D eigenvalue weighted by Crippen LogP contribution is -2.25. The van der Waals surface area contributed by atoms with Gasteiger partial charge in [-0.3, -0.25) is 4.79 Å². The zero-order valence-corrected chi connectivity index (χ0v) is 13.2. The van der Waals surface area contributed by atoms with Crippen LogP contribution in [0.5, 0.6) is 0 Å². The minimum absolute atomic E-state index is 0.0861. The molecule has 0 saturated carbocycles. The van der Waals surface area contributed by atoms with Gasteiger partial charge in [-0.1, -0.05) is 43.3 Å². The molecule has 1 N–H and O–H groups in total. The highest BCUT2D eigenvalue weighted by Gasteiger charge is 2.10. The topological polar surface area (TPSA) is 45.2 Å². The number of rotatable bonds is 7. The van der Waals surface area contributed by atoms with Gasteiger partial charge >= 0.3 is 0 Å². The first-order valence-corrected chi connectivity index (χ1v) is 7.66. The molecule has 4 heteroatoms. The molecule has 1 amide bonds. The molecule has 0 spiro atoms. The quantitative estimate of drug-likeness (QED) is 0.854. The van der Waals surface area contributed by atoms with Gasteiger partial charge in [0.1, 0.15) is 5.82 Å². The fourth-order valence-electron chi connectivity index (χ4n) is 2.35. The summed E-state index contributed by atoms with van der Waals surface area (Å²) in [6.07, 6.45) is 3.21. The second-order valence-corrected chi connectivity index (χ2v) is 5.35. The Labute approximate surface area is 132 Å². The lowest BCUT2D eigenvalue weighted by Gasteiger charge is -2.21. The van der Waals surface area contributed by atoms with Gasteiger partial charge in [0.05, 0.1) is 0 Å². The van der Waals surface area contributed by atoms with Gasteiger partial charge in [0.15, 0.2) is 0 Å². The Balaban J connectivity index is 2.05. The van der Waals surface area contributed by atoms with Crippen molar-refractivity contribution in [1.29, 1.82) is 0 Å². The number of hydrogen-bond acceptors (Lipinski definition) is 3. The van der Waals surface area contributed by atoms with E-state index in [2.05, 4.69) is 27.3 Å². The molecule has 1 heterocycles. The Morgan fingerprint density at radius 2 is 1.95 bits per heavy atom. The fraction of sp³-hybridized carbons (Fsp3) is 0.333. The molecule has 116 valence electrons. The van der Waals surface area contributed by atoms with Gasteiger partial charge in [-0.15, -0.1) is 0 Å². The largest absolute Gasteiger partial charge is 0.355 e. The van der Waals surface area contributed by atoms with Crippen molar-refractivity contribution in [2.75, 3.05) is 11.9 Å². The molecule has 0 aliphatic carbocycles. The van der Waals surface area contributed by atoms with Crippen LogP contribution >= 0.6 is 0 Å². The monoisotopic (exact) mass is 297 g/mol. The lowest BCUT2D eigenvalue weighted by atomic mass is 10.2. The van der Waals surface area contributed by atoms with Crippen LogP contribution in [0.1, 0.15) is 30.9 Å². The number of carbonyl (C=O) groups is 1. The molecule has 0 bridgehead atoms. The van der Waals surface area contributed by atoms with Crippen LogP contribution in [0.3, 0.4) is 0 Å². The number of hydrogen-bond donors (Lipinski definition) is 1. The van der Waals surface area contributed by atoms with Crippen molar-refractivity contribution in [1.82, 2.24) is 10.3 Å². The number of nitrogens with one attached hydrogen (secondary N) is 1. The summed E-state index contributed by atoms with van der Waals surface area (Å²) in [5, 5.41) is 2.95. The summed E-state index contributed by atoms with van der Waals surface area (Å²) < 4.78 is 0. The first-order valence-electron chi connectivity index (χ1n) is 7.66. The van der Waals surface area contributed by atoms with Gasteiger partial charge in [0, 0.05) is 38.3 Å². The highest BCUT2D eigenvalue weighted by Crippen LogP contribution is 2.18. The smallest absolute Gasteiger partial charge is 0.220 e. The van der Waals surface area contributed by atoms with E-state index in [-0.39, 0.29) is 5.91 Å². The standard InChI is InChI=1S/C18H23N3O/c1-3-8-17(22)20-13-16-11-7-12-19-18(16)21(2)14-15-9-5-4-6-10-15/h4-7,9-12H,3,8,13-14H2,1-2H3,(H,20,22). The van der Waals surface area contributed by atoms with Crippen LogP contribution < -0.4 is 10.2 Å². The SMILES string of the molecule is CCCC(=O)NCc1cccnc1N(C)Cc1ccccc1. The normalized spacial score (nSPS) is 10.3. The minimum atomic E-state index is 0.0861. The molecule has 2 rings (SSSR count). The Hall–Kier alpha value is -2.36. The van der Waals surface area contributed by atoms with E-state index in [1.807, 2.05) is 44.3 Å². The molecule has 22 heavy (non-hydrogen) atoms. The molecular formula is C18H23N3O. The van der Waals surface area contributed by atoms with Crippen molar-refractivity contribution < 1.29 is 4.79 Å². The van der Waals surface area contributed by atoms with E-state index < -0.39 is 0 Å². The van der Waals surface area contributed by atoms with Crippen molar-refractivity contribution >= 4 is 11.7 Å². The second-order valence-electron chi connectivity index (χ2n) is 5.35. The van der Waals surface area contributed by atoms with Gasteiger partial charge in [0.25, 0.3) is 0 Å². The molecule has 4 nitrogen and oxygen atoms in total. The van der Waals surface area contributed by atoms with Crippen molar-refractivity contribution in [3.63, 3.8) is 0 Å². The van der Waals surface area contributed by atoms with Gasteiger partial charge < -0.3 is 10.2 Å². The summed E-state index contributed by atoms with van der Waals surface area (Å²) in [6.45, 7) is 3.30. The molecular weight excluding hydrogens is 274 g/mol. The summed E-state index contributed by atoms with van der Waals surface area (Å²) in [5.74, 6) is 0.992. The van der Waals surface area contributed by atoms with Crippen LogP contribution in [0.4, 0.5) is 5.82 Å². The van der Waals surface area contributed by atoms with Crippen molar-refractivity contribution in [2.24, 2.45) is 0 Å². The molecule has 0 fully saturated rings. The average Bonchev–Trinajstić information content (AvgIpc) is 2.54. The van der Waals surface area contributed by atoms with Gasteiger partial charge in [-0.05, 0) is 18.1 Å². The second kappa shape index (κ2) is 8.17. The number of carbonyl (C=O) groups excluding carboxylic acids is 1. The van der Waals surface area contributed by atoms with E-state index in [0.717, 1.165) is 24.3 Å². The van der Waals surface area contributed by atoms with Crippen LogP contribution in [0.2, 0.25) is 0 Å². The highest BCUT2D eigenvalue weighted by atomic mass is 16.1. The van der Waals surface area contributed by atoms with Gasteiger partial charge in [0.2, 0.25) is 5.91 Å². The van der Waals surface area contributed by atoms with E-state index in [9.17, 15) is 4.79 Å². The summed E-state index contributed by atoms with van der Waals surface area (Å²) >= 11 is 0. The minimum Gasteiger partial charge on any atom is -0.355 e. The van der Waals surface area contributed by atoms with Crippen LogP contribution in [-0.4, -0.2) is 17.9 Å². The van der Waals surface area contributed by atoms with E-state index in [4.69, 9.17) is 0 Å². The van der Waals surface area contributed by atoms with E-state index in [1.165, 1.54) is 5.56 Å². The maximum absolute atomic E-state index is 11.6. The highest BCUT2D eigenvalue weighted by molar-refractivity contribution is 5.75. The molecule has 1 aromatic heterocycles. The zero-order valence-electron chi connectivity index (χ0n) is 13.2. The molecule has 2 aromatic rings. The molecule has 0 aliphatic heterocycles. The Kier molecular flexibility index (Phi) is 5.95. The Morgan fingerprint density at radius 3 is 2.68 bits per heavy atom. The molecule has 0 unspecified atom stereocenters. The number of anilines is 1.